The quantitative estimate of drug-likeness (QED) is 0.499. The van der Waals surface area contributed by atoms with E-state index < -0.39 is 22.4 Å². The predicted octanol–water partition coefficient (Wildman–Crippen LogP) is 4.13. The molecule has 0 fully saturated rings. The standard InChI is InChI=1S/C16H15F3N4O2/c1-22(2)13-6-3-11(4-7-13)10-20-21-14-8-5-12(16(17,18)19)9-15(14)23(24)25/h3-10,21H,1-2H3/b20-10-. The number of anilines is 2. The van der Waals surface area contributed by atoms with Crippen LogP contribution in [0.15, 0.2) is 47.6 Å². The van der Waals surface area contributed by atoms with E-state index in [1.165, 1.54) is 6.21 Å². The fraction of sp³-hybridized carbons (Fsp3) is 0.188. The Balaban J connectivity index is 2.18. The number of rotatable bonds is 5. The fourth-order valence-electron chi connectivity index (χ4n) is 1.99. The third-order valence-corrected chi connectivity index (χ3v) is 3.33. The lowest BCUT2D eigenvalue weighted by Crippen LogP contribution is -2.08. The van der Waals surface area contributed by atoms with Crippen LogP contribution in [0, 0.1) is 10.1 Å². The monoisotopic (exact) mass is 352 g/mol. The molecule has 0 bridgehead atoms. The molecule has 0 aromatic heterocycles. The minimum atomic E-state index is -4.65. The SMILES string of the molecule is CN(C)c1ccc(/C=N\Nc2ccc(C(F)(F)F)cc2[N+](=O)[O-])cc1. The van der Waals surface area contributed by atoms with Crippen molar-refractivity contribution in [1.82, 2.24) is 0 Å². The van der Waals surface area contributed by atoms with E-state index in [-0.39, 0.29) is 5.69 Å². The van der Waals surface area contributed by atoms with Gasteiger partial charge in [0, 0.05) is 25.8 Å². The van der Waals surface area contributed by atoms with Gasteiger partial charge in [0.15, 0.2) is 0 Å². The van der Waals surface area contributed by atoms with Crippen molar-refractivity contribution in [2.75, 3.05) is 24.4 Å². The Morgan fingerprint density at radius 3 is 2.32 bits per heavy atom. The molecular weight excluding hydrogens is 337 g/mol. The third-order valence-electron chi connectivity index (χ3n) is 3.33. The summed E-state index contributed by atoms with van der Waals surface area (Å²) in [5.41, 5.74) is 2.21. The number of nitrogens with one attached hydrogen (secondary N) is 1. The second-order valence-electron chi connectivity index (χ2n) is 5.34. The number of hydrogen-bond donors (Lipinski definition) is 1. The zero-order valence-electron chi connectivity index (χ0n) is 13.4. The maximum Gasteiger partial charge on any atom is 0.416 e. The molecule has 0 radical (unpaired) electrons. The molecule has 0 aliphatic rings. The highest BCUT2D eigenvalue weighted by Gasteiger charge is 2.33. The fourth-order valence-corrected chi connectivity index (χ4v) is 1.99. The second kappa shape index (κ2) is 7.20. The normalized spacial score (nSPS) is 11.6. The van der Waals surface area contributed by atoms with Crippen LogP contribution in [0.4, 0.5) is 30.2 Å². The first-order chi connectivity index (χ1) is 11.7. The second-order valence-corrected chi connectivity index (χ2v) is 5.34. The highest BCUT2D eigenvalue weighted by molar-refractivity contribution is 5.81. The first-order valence-electron chi connectivity index (χ1n) is 7.10. The van der Waals surface area contributed by atoms with Crippen LogP contribution in [0.5, 0.6) is 0 Å². The molecule has 0 atom stereocenters. The number of alkyl halides is 3. The molecule has 2 aromatic carbocycles. The maximum atomic E-state index is 12.6. The average molecular weight is 352 g/mol. The van der Waals surface area contributed by atoms with Gasteiger partial charge in [-0.15, -0.1) is 0 Å². The van der Waals surface area contributed by atoms with Crippen molar-refractivity contribution in [2.24, 2.45) is 5.10 Å². The van der Waals surface area contributed by atoms with Gasteiger partial charge in [-0.05, 0) is 29.8 Å². The predicted molar refractivity (Wildman–Crippen MR) is 90.1 cm³/mol. The van der Waals surface area contributed by atoms with Gasteiger partial charge in [0.1, 0.15) is 5.69 Å². The van der Waals surface area contributed by atoms with Gasteiger partial charge in [0.25, 0.3) is 5.69 Å². The van der Waals surface area contributed by atoms with Crippen molar-refractivity contribution >= 4 is 23.3 Å². The van der Waals surface area contributed by atoms with Gasteiger partial charge >= 0.3 is 6.18 Å². The molecule has 132 valence electrons. The molecular formula is C16H15F3N4O2. The Kier molecular flexibility index (Phi) is 5.26. The Hall–Kier alpha value is -3.10. The van der Waals surface area contributed by atoms with Gasteiger partial charge in [-0.25, -0.2) is 0 Å². The van der Waals surface area contributed by atoms with Crippen LogP contribution >= 0.6 is 0 Å². The van der Waals surface area contributed by atoms with E-state index in [4.69, 9.17) is 0 Å². The van der Waals surface area contributed by atoms with Gasteiger partial charge in [0.05, 0.1) is 16.7 Å². The summed E-state index contributed by atoms with van der Waals surface area (Å²) in [6.07, 6.45) is -3.23. The van der Waals surface area contributed by atoms with E-state index in [1.54, 1.807) is 12.1 Å². The largest absolute Gasteiger partial charge is 0.416 e. The van der Waals surface area contributed by atoms with Crippen molar-refractivity contribution in [3.8, 4) is 0 Å². The summed E-state index contributed by atoms with van der Waals surface area (Å²) in [4.78, 5) is 12.0. The van der Waals surface area contributed by atoms with Crippen molar-refractivity contribution < 1.29 is 18.1 Å². The highest BCUT2D eigenvalue weighted by Crippen LogP contribution is 2.34. The molecule has 0 saturated carbocycles. The molecule has 2 aromatic rings. The molecule has 9 heteroatoms. The van der Waals surface area contributed by atoms with Crippen LogP contribution < -0.4 is 10.3 Å². The number of halogens is 3. The van der Waals surface area contributed by atoms with Crippen molar-refractivity contribution in [3.05, 3.63) is 63.7 Å². The first-order valence-corrected chi connectivity index (χ1v) is 7.10. The summed E-state index contributed by atoms with van der Waals surface area (Å²) in [5, 5.41) is 14.8. The molecule has 2 rings (SSSR count). The van der Waals surface area contributed by atoms with Gasteiger partial charge in [-0.1, -0.05) is 12.1 Å². The molecule has 0 aliphatic heterocycles. The summed E-state index contributed by atoms with van der Waals surface area (Å²) >= 11 is 0. The summed E-state index contributed by atoms with van der Waals surface area (Å²) in [6, 6.07) is 9.53. The van der Waals surface area contributed by atoms with E-state index >= 15 is 0 Å². The lowest BCUT2D eigenvalue weighted by molar-refractivity contribution is -0.384. The Bertz CT molecular complexity index is 787. The summed E-state index contributed by atoms with van der Waals surface area (Å²) < 4.78 is 37.9. The number of hydrazone groups is 1. The number of nitrogens with zero attached hydrogens (tertiary/aromatic N) is 3. The third kappa shape index (κ3) is 4.69. The zero-order valence-corrected chi connectivity index (χ0v) is 13.4. The lowest BCUT2D eigenvalue weighted by atomic mass is 10.1. The molecule has 0 heterocycles. The highest BCUT2D eigenvalue weighted by atomic mass is 19.4. The van der Waals surface area contributed by atoms with Crippen molar-refractivity contribution in [3.63, 3.8) is 0 Å². The molecule has 0 aliphatic carbocycles. The van der Waals surface area contributed by atoms with Crippen LogP contribution in [-0.2, 0) is 6.18 Å². The van der Waals surface area contributed by atoms with Crippen LogP contribution in [0.3, 0.4) is 0 Å². The van der Waals surface area contributed by atoms with E-state index in [9.17, 15) is 23.3 Å². The molecule has 25 heavy (non-hydrogen) atoms. The number of nitro benzene ring substituents is 1. The Morgan fingerprint density at radius 1 is 1.16 bits per heavy atom. The van der Waals surface area contributed by atoms with Crippen LogP contribution in [0.1, 0.15) is 11.1 Å². The van der Waals surface area contributed by atoms with Crippen LogP contribution in [0.2, 0.25) is 0 Å². The van der Waals surface area contributed by atoms with Crippen LogP contribution in [-0.4, -0.2) is 25.2 Å². The number of benzene rings is 2. The number of hydrogen-bond acceptors (Lipinski definition) is 5. The molecule has 6 nitrogen and oxygen atoms in total. The zero-order chi connectivity index (χ0) is 18.6. The van der Waals surface area contributed by atoms with E-state index in [2.05, 4.69) is 10.5 Å². The maximum absolute atomic E-state index is 12.6. The van der Waals surface area contributed by atoms with E-state index in [0.717, 1.165) is 23.4 Å². The van der Waals surface area contributed by atoms with Crippen molar-refractivity contribution in [2.45, 2.75) is 6.18 Å². The van der Waals surface area contributed by atoms with E-state index in [1.807, 2.05) is 31.1 Å². The lowest BCUT2D eigenvalue weighted by Gasteiger charge is -2.11. The molecule has 0 saturated heterocycles. The summed E-state index contributed by atoms with van der Waals surface area (Å²) in [5.74, 6) is 0. The van der Waals surface area contributed by atoms with Gasteiger partial charge in [-0.2, -0.15) is 18.3 Å². The minimum absolute atomic E-state index is 0.126. The van der Waals surface area contributed by atoms with Crippen molar-refractivity contribution in [1.29, 1.82) is 0 Å². The Labute approximate surface area is 141 Å². The van der Waals surface area contributed by atoms with Gasteiger partial charge in [0.2, 0.25) is 0 Å². The summed E-state index contributed by atoms with van der Waals surface area (Å²) in [6.45, 7) is 0. The van der Waals surface area contributed by atoms with Crippen LogP contribution in [0.25, 0.3) is 0 Å². The van der Waals surface area contributed by atoms with Gasteiger partial charge in [-0.3, -0.25) is 15.5 Å². The molecule has 0 amide bonds. The topological polar surface area (TPSA) is 70.8 Å². The minimum Gasteiger partial charge on any atom is -0.378 e. The van der Waals surface area contributed by atoms with E-state index in [0.29, 0.717) is 6.07 Å². The smallest absolute Gasteiger partial charge is 0.378 e. The van der Waals surface area contributed by atoms with Gasteiger partial charge < -0.3 is 4.90 Å². The molecule has 1 N–H and O–H groups in total. The first kappa shape index (κ1) is 18.2. The Morgan fingerprint density at radius 2 is 1.80 bits per heavy atom. The average Bonchev–Trinajstić information content (AvgIpc) is 2.54. The molecule has 0 spiro atoms. The molecule has 0 unspecified atom stereocenters. The number of nitro groups is 1. The summed E-state index contributed by atoms with van der Waals surface area (Å²) in [7, 11) is 3.79.